The van der Waals surface area contributed by atoms with E-state index in [9.17, 15) is 4.79 Å². The van der Waals surface area contributed by atoms with Gasteiger partial charge in [-0.1, -0.05) is 61.5 Å². The normalized spacial score (nSPS) is 11.9. The third-order valence-electron chi connectivity index (χ3n) is 5.29. The summed E-state index contributed by atoms with van der Waals surface area (Å²) in [6, 6.07) is 32.6. The molecule has 0 saturated heterocycles. The number of carbonyl (C=O) groups excluding carboxylic acids is 1. The first kappa shape index (κ1) is 23.6. The lowest BCUT2D eigenvalue weighted by Gasteiger charge is -2.28. The van der Waals surface area contributed by atoms with Gasteiger partial charge in [-0.25, -0.2) is 0 Å². The molecule has 0 aromatic heterocycles. The molecule has 0 heterocycles. The largest absolute Gasteiger partial charge is 1.00 e. The molecule has 0 spiro atoms. The molecule has 152 valence electrons. The van der Waals surface area contributed by atoms with Crippen LogP contribution in [0.2, 0.25) is 0 Å². The summed E-state index contributed by atoms with van der Waals surface area (Å²) in [5, 5.41) is 4.16. The average molecular weight is 518 g/mol. The highest BCUT2D eigenvalue weighted by molar-refractivity contribution is 7.95. The smallest absolute Gasteiger partial charge is 0.305 e. The fraction of sp³-hybridized carbons (Fsp3) is 0.240. The zero-order chi connectivity index (χ0) is 19.8. The van der Waals surface area contributed by atoms with Gasteiger partial charge in [0.25, 0.3) is 0 Å². The van der Waals surface area contributed by atoms with Crippen molar-refractivity contribution < 1.29 is 33.5 Å². The molecule has 0 aliphatic heterocycles. The number of halogens is 1. The van der Waals surface area contributed by atoms with Gasteiger partial charge in [0.15, 0.2) is 0 Å². The molecule has 0 aliphatic rings. The van der Waals surface area contributed by atoms with Crippen molar-refractivity contribution in [3.8, 4) is 0 Å². The van der Waals surface area contributed by atoms with E-state index in [0.717, 1.165) is 12.6 Å². The Hall–Kier alpha value is -1.71. The molecule has 0 amide bonds. The summed E-state index contributed by atoms with van der Waals surface area (Å²) in [6.45, 7) is 2.15. The predicted octanol–water partition coefficient (Wildman–Crippen LogP) is 1.57. The molecule has 0 aliphatic carbocycles. The maximum absolute atomic E-state index is 11.7. The highest BCUT2D eigenvalue weighted by Crippen LogP contribution is 2.56. The number of hydrogen-bond donors (Lipinski definition) is 0. The zero-order valence-electron chi connectivity index (χ0n) is 17.0. The van der Waals surface area contributed by atoms with Crippen LogP contribution in [0.15, 0.2) is 91.0 Å². The standard InChI is InChI=1S/C25H28O2P.HI/c1-21(20-25(26)27-2)18-19-28(22-12-6-3-7-13-22,23-14-8-4-9-15-23)24-16-10-5-11-17-24;/h3-17,21H,18-20H2,1-2H3;1H/q+1;/p-1. The van der Waals surface area contributed by atoms with Crippen molar-refractivity contribution in [2.75, 3.05) is 13.3 Å². The van der Waals surface area contributed by atoms with E-state index in [4.69, 9.17) is 4.74 Å². The monoisotopic (exact) mass is 518 g/mol. The quantitative estimate of drug-likeness (QED) is 0.257. The molecule has 1 unspecified atom stereocenters. The minimum absolute atomic E-state index is 0. The summed E-state index contributed by atoms with van der Waals surface area (Å²) in [5.74, 6) is 0.151. The van der Waals surface area contributed by atoms with Crippen LogP contribution < -0.4 is 39.9 Å². The minimum atomic E-state index is -1.81. The van der Waals surface area contributed by atoms with Crippen LogP contribution in [0.3, 0.4) is 0 Å². The van der Waals surface area contributed by atoms with Gasteiger partial charge < -0.3 is 28.7 Å². The van der Waals surface area contributed by atoms with Crippen LogP contribution in [0.5, 0.6) is 0 Å². The third-order valence-corrected chi connectivity index (χ3v) is 9.76. The third kappa shape index (κ3) is 5.67. The molecule has 0 N–H and O–H groups in total. The van der Waals surface area contributed by atoms with Crippen molar-refractivity contribution in [2.24, 2.45) is 5.92 Å². The van der Waals surface area contributed by atoms with Gasteiger partial charge in [0.05, 0.1) is 13.3 Å². The summed E-state index contributed by atoms with van der Waals surface area (Å²) < 4.78 is 4.88. The van der Waals surface area contributed by atoms with Crippen molar-refractivity contribution in [3.05, 3.63) is 91.0 Å². The van der Waals surface area contributed by atoms with Gasteiger partial charge in [-0.05, 0) is 48.7 Å². The van der Waals surface area contributed by atoms with Crippen molar-refractivity contribution in [2.45, 2.75) is 19.8 Å². The van der Waals surface area contributed by atoms with Crippen molar-refractivity contribution in [1.82, 2.24) is 0 Å². The highest BCUT2D eigenvalue weighted by Gasteiger charge is 2.44. The molecule has 0 saturated carbocycles. The van der Waals surface area contributed by atoms with Crippen LogP contribution in [0.25, 0.3) is 0 Å². The fourth-order valence-corrected chi connectivity index (χ4v) is 8.31. The van der Waals surface area contributed by atoms with E-state index in [0.29, 0.717) is 6.42 Å². The maximum atomic E-state index is 11.7. The minimum Gasteiger partial charge on any atom is -1.00 e. The van der Waals surface area contributed by atoms with E-state index >= 15 is 0 Å². The molecule has 0 radical (unpaired) electrons. The predicted molar refractivity (Wildman–Crippen MR) is 120 cm³/mol. The lowest BCUT2D eigenvalue weighted by molar-refractivity contribution is -0.141. The van der Waals surface area contributed by atoms with Gasteiger partial charge in [-0.15, -0.1) is 0 Å². The number of hydrogen-bond acceptors (Lipinski definition) is 2. The Bertz CT molecular complexity index is 772. The van der Waals surface area contributed by atoms with Crippen LogP contribution in [0.1, 0.15) is 19.8 Å². The van der Waals surface area contributed by atoms with Gasteiger partial charge in [0, 0.05) is 6.42 Å². The van der Waals surface area contributed by atoms with Crippen LogP contribution in [0, 0.1) is 5.92 Å². The lowest BCUT2D eigenvalue weighted by atomic mass is 10.1. The number of esters is 1. The Balaban J connectivity index is 0.00000300. The number of benzene rings is 3. The second-order valence-electron chi connectivity index (χ2n) is 7.21. The van der Waals surface area contributed by atoms with E-state index in [-0.39, 0.29) is 35.9 Å². The van der Waals surface area contributed by atoms with E-state index in [1.165, 1.54) is 23.0 Å². The van der Waals surface area contributed by atoms with Crippen LogP contribution in [-0.2, 0) is 9.53 Å². The average Bonchev–Trinajstić information content (AvgIpc) is 2.76. The van der Waals surface area contributed by atoms with Crippen molar-refractivity contribution in [3.63, 3.8) is 0 Å². The Morgan fingerprint density at radius 3 is 1.52 bits per heavy atom. The molecular formula is C25H28IO2P. The lowest BCUT2D eigenvalue weighted by Crippen LogP contribution is -3.00. The molecule has 1 atom stereocenters. The Morgan fingerprint density at radius 1 is 0.793 bits per heavy atom. The van der Waals surface area contributed by atoms with E-state index in [2.05, 4.69) is 97.9 Å². The highest BCUT2D eigenvalue weighted by atomic mass is 127. The van der Waals surface area contributed by atoms with Crippen molar-refractivity contribution in [1.29, 1.82) is 0 Å². The molecule has 3 rings (SSSR count). The first-order valence-electron chi connectivity index (χ1n) is 9.78. The first-order valence-corrected chi connectivity index (χ1v) is 11.8. The molecule has 2 nitrogen and oxygen atoms in total. The number of methoxy groups -OCH3 is 1. The van der Waals surface area contributed by atoms with Gasteiger partial charge in [0.2, 0.25) is 0 Å². The number of carbonyl (C=O) groups is 1. The summed E-state index contributed by atoms with van der Waals surface area (Å²) in [4.78, 5) is 11.7. The van der Waals surface area contributed by atoms with Gasteiger partial charge >= 0.3 is 5.97 Å². The molecule has 3 aromatic rings. The Morgan fingerprint density at radius 2 is 1.17 bits per heavy atom. The summed E-state index contributed by atoms with van der Waals surface area (Å²) in [7, 11) is -0.349. The van der Waals surface area contributed by atoms with Gasteiger partial charge in [-0.3, -0.25) is 4.79 Å². The van der Waals surface area contributed by atoms with Crippen molar-refractivity contribution >= 4 is 29.1 Å². The van der Waals surface area contributed by atoms with E-state index < -0.39 is 7.26 Å². The molecule has 29 heavy (non-hydrogen) atoms. The fourth-order valence-electron chi connectivity index (χ4n) is 3.77. The summed E-state index contributed by atoms with van der Waals surface area (Å²) >= 11 is 0. The zero-order valence-corrected chi connectivity index (χ0v) is 20.1. The summed E-state index contributed by atoms with van der Waals surface area (Å²) in [6.07, 6.45) is 2.47. The SMILES string of the molecule is COC(=O)CC(C)CC[P+](c1ccccc1)(c1ccccc1)c1ccccc1.[I-]. The second kappa shape index (κ2) is 11.5. The van der Waals surface area contributed by atoms with E-state index in [1.54, 1.807) is 0 Å². The number of rotatable bonds is 8. The maximum Gasteiger partial charge on any atom is 0.305 e. The molecule has 3 aromatic carbocycles. The van der Waals surface area contributed by atoms with E-state index in [1.807, 2.05) is 0 Å². The number of ether oxygens (including phenoxy) is 1. The van der Waals surface area contributed by atoms with Gasteiger partial charge in [-0.2, -0.15) is 0 Å². The van der Waals surface area contributed by atoms with Crippen LogP contribution >= 0.6 is 7.26 Å². The van der Waals surface area contributed by atoms with Crippen LogP contribution in [-0.4, -0.2) is 19.2 Å². The molecular weight excluding hydrogens is 490 g/mol. The Kier molecular flexibility index (Phi) is 9.32. The van der Waals surface area contributed by atoms with Crippen LogP contribution in [0.4, 0.5) is 0 Å². The first-order chi connectivity index (χ1) is 13.7. The second-order valence-corrected chi connectivity index (χ2v) is 10.8. The Labute approximate surface area is 192 Å². The topological polar surface area (TPSA) is 26.3 Å². The summed E-state index contributed by atoms with van der Waals surface area (Å²) in [5.41, 5.74) is 0. The van der Waals surface area contributed by atoms with Gasteiger partial charge in [0.1, 0.15) is 23.2 Å². The molecule has 0 fully saturated rings. The molecule has 0 bridgehead atoms. The molecule has 4 heteroatoms.